The maximum Gasteiger partial charge on any atom is 0.343 e. The van der Waals surface area contributed by atoms with Crippen LogP contribution in [0.15, 0.2) is 91.0 Å². The number of imide groups is 1. The van der Waals surface area contributed by atoms with E-state index in [-0.39, 0.29) is 11.3 Å². The van der Waals surface area contributed by atoms with Gasteiger partial charge in [-0.05, 0) is 68.6 Å². The molecule has 256 valence electrons. The van der Waals surface area contributed by atoms with Crippen molar-refractivity contribution < 1.29 is 24.3 Å². The van der Waals surface area contributed by atoms with Crippen LogP contribution in [0.3, 0.4) is 0 Å². The van der Waals surface area contributed by atoms with Crippen molar-refractivity contribution in [3.8, 4) is 0 Å². The van der Waals surface area contributed by atoms with Crippen LogP contribution in [0.5, 0.6) is 0 Å². The quantitative estimate of drug-likeness (QED) is 0.377. The molecule has 3 aromatic carbocycles. The molecule has 0 aliphatic carbocycles. The highest BCUT2D eigenvalue weighted by atomic mass is 16.4. The number of hydrogen-bond acceptors (Lipinski definition) is 7. The molecular formula is C38H44N6O5. The Kier molecular flexibility index (Phi) is 9.23. The molecule has 2 atom stereocenters. The Bertz CT molecular complexity index is 1660. The standard InChI is InChI=1S/C38H44N6O5/c45-33(29-10-4-1-5-11-29)42-23-17-37(28-42,30-12-6-2-7-13-30)16-20-40-21-18-38(19-22-40,31-14-8-3-9-15-31)35(48)39-36(49)44-32(34(46)47)41-24-26-43(44)27-25-41/h1-15,32H,16-28H2,(H,46,47)(H,39,48,49). The fraction of sp³-hybridized carbons (Fsp3) is 0.421. The first-order chi connectivity index (χ1) is 23.8. The molecule has 0 spiro atoms. The van der Waals surface area contributed by atoms with Gasteiger partial charge in [-0.1, -0.05) is 78.9 Å². The van der Waals surface area contributed by atoms with Crippen molar-refractivity contribution in [1.29, 1.82) is 0 Å². The second-order valence-corrected chi connectivity index (χ2v) is 13.8. The fourth-order valence-corrected chi connectivity index (χ4v) is 8.37. The van der Waals surface area contributed by atoms with Gasteiger partial charge in [-0.3, -0.25) is 19.8 Å². The molecule has 5 aliphatic rings. The van der Waals surface area contributed by atoms with Crippen molar-refractivity contribution in [2.75, 3.05) is 58.9 Å². The van der Waals surface area contributed by atoms with Crippen LogP contribution in [-0.4, -0.2) is 119 Å². The zero-order valence-electron chi connectivity index (χ0n) is 27.7. The van der Waals surface area contributed by atoms with Gasteiger partial charge in [0.1, 0.15) is 0 Å². The number of piperazine rings is 1. The first-order valence-corrected chi connectivity index (χ1v) is 17.3. The zero-order valence-corrected chi connectivity index (χ0v) is 27.7. The second-order valence-electron chi connectivity index (χ2n) is 13.8. The summed E-state index contributed by atoms with van der Waals surface area (Å²) in [7, 11) is 0. The van der Waals surface area contributed by atoms with E-state index in [0.29, 0.717) is 70.8 Å². The maximum absolute atomic E-state index is 14.2. The topological polar surface area (TPSA) is 117 Å². The molecule has 2 N–H and O–H groups in total. The number of likely N-dealkylation sites (tertiary alicyclic amines) is 2. The van der Waals surface area contributed by atoms with Gasteiger partial charge >= 0.3 is 12.0 Å². The highest BCUT2D eigenvalue weighted by Crippen LogP contribution is 2.40. The molecular weight excluding hydrogens is 620 g/mol. The van der Waals surface area contributed by atoms with Gasteiger partial charge in [0.05, 0.1) is 5.41 Å². The number of benzene rings is 3. The van der Waals surface area contributed by atoms with Gasteiger partial charge < -0.3 is 14.9 Å². The van der Waals surface area contributed by atoms with Crippen molar-refractivity contribution in [3.05, 3.63) is 108 Å². The number of carboxylic acids is 1. The Hall–Kier alpha value is -4.58. The Morgan fingerprint density at radius 1 is 0.714 bits per heavy atom. The molecule has 4 amide bonds. The van der Waals surface area contributed by atoms with Crippen LogP contribution in [0.1, 0.15) is 47.2 Å². The lowest BCUT2D eigenvalue weighted by atomic mass is 9.71. The summed E-state index contributed by atoms with van der Waals surface area (Å²) >= 11 is 0. The van der Waals surface area contributed by atoms with E-state index in [0.717, 1.165) is 24.9 Å². The molecule has 5 heterocycles. The third-order valence-corrected chi connectivity index (χ3v) is 11.2. The lowest BCUT2D eigenvalue weighted by Gasteiger charge is -2.52. The summed E-state index contributed by atoms with van der Waals surface area (Å²) in [5.41, 5.74) is 1.69. The first-order valence-electron chi connectivity index (χ1n) is 17.3. The normalized spacial score (nSPS) is 26.3. The molecule has 49 heavy (non-hydrogen) atoms. The predicted octanol–water partition coefficient (Wildman–Crippen LogP) is 3.39. The summed E-state index contributed by atoms with van der Waals surface area (Å²) in [6, 6.07) is 28.9. The Balaban J connectivity index is 1.05. The molecule has 0 radical (unpaired) electrons. The molecule has 5 fully saturated rings. The van der Waals surface area contributed by atoms with Gasteiger partial charge in [0.2, 0.25) is 12.1 Å². The summed E-state index contributed by atoms with van der Waals surface area (Å²) in [4.78, 5) is 59.5. The molecule has 8 rings (SSSR count). The number of nitrogens with one attached hydrogen (secondary N) is 1. The summed E-state index contributed by atoms with van der Waals surface area (Å²) in [5.74, 6) is -1.44. The van der Waals surface area contributed by atoms with Crippen LogP contribution in [0.2, 0.25) is 0 Å². The number of fused-ring (bicyclic) bond motifs is 3. The highest BCUT2D eigenvalue weighted by Gasteiger charge is 2.49. The van der Waals surface area contributed by atoms with Crippen LogP contribution in [0, 0.1) is 0 Å². The molecule has 5 saturated heterocycles. The number of urea groups is 1. The van der Waals surface area contributed by atoms with Gasteiger partial charge in [-0.25, -0.2) is 19.6 Å². The van der Waals surface area contributed by atoms with Gasteiger partial charge in [-0.15, -0.1) is 0 Å². The van der Waals surface area contributed by atoms with Crippen molar-refractivity contribution in [2.45, 2.75) is 42.7 Å². The molecule has 0 aromatic heterocycles. The summed E-state index contributed by atoms with van der Waals surface area (Å²) in [6.45, 7) is 5.68. The van der Waals surface area contributed by atoms with Crippen molar-refractivity contribution in [1.82, 2.24) is 30.0 Å². The number of hydrogen-bond donors (Lipinski definition) is 2. The number of amides is 4. The highest BCUT2D eigenvalue weighted by molar-refractivity contribution is 6.01. The minimum absolute atomic E-state index is 0.0608. The number of nitrogens with zero attached hydrogens (tertiary/aromatic N) is 5. The van der Waals surface area contributed by atoms with Crippen molar-refractivity contribution >= 4 is 23.8 Å². The van der Waals surface area contributed by atoms with E-state index in [1.165, 1.54) is 10.6 Å². The number of rotatable bonds is 8. The molecule has 5 aliphatic heterocycles. The van der Waals surface area contributed by atoms with E-state index in [2.05, 4.69) is 34.5 Å². The molecule has 11 heteroatoms. The number of piperidine rings is 1. The van der Waals surface area contributed by atoms with Gasteiger partial charge in [0.15, 0.2) is 0 Å². The van der Waals surface area contributed by atoms with Gasteiger partial charge in [-0.2, -0.15) is 0 Å². The average Bonchev–Trinajstić information content (AvgIpc) is 3.60. The third kappa shape index (κ3) is 6.34. The predicted molar refractivity (Wildman–Crippen MR) is 183 cm³/mol. The third-order valence-electron chi connectivity index (χ3n) is 11.2. The smallest absolute Gasteiger partial charge is 0.343 e. The van der Waals surface area contributed by atoms with E-state index in [4.69, 9.17) is 0 Å². The summed E-state index contributed by atoms with van der Waals surface area (Å²) < 4.78 is 0. The van der Waals surface area contributed by atoms with Gasteiger partial charge in [0, 0.05) is 50.2 Å². The summed E-state index contributed by atoms with van der Waals surface area (Å²) in [5, 5.41) is 15.5. The number of hydrazine groups is 1. The first kappa shape index (κ1) is 32.9. The van der Waals surface area contributed by atoms with Crippen LogP contribution in [0.25, 0.3) is 0 Å². The zero-order chi connectivity index (χ0) is 34.0. The molecule has 2 unspecified atom stereocenters. The molecule has 2 bridgehead atoms. The average molecular weight is 665 g/mol. The second kappa shape index (κ2) is 13.7. The Morgan fingerprint density at radius 3 is 1.92 bits per heavy atom. The molecule has 3 aromatic rings. The largest absolute Gasteiger partial charge is 0.479 e. The maximum atomic E-state index is 14.2. The van der Waals surface area contributed by atoms with Crippen molar-refractivity contribution in [2.24, 2.45) is 0 Å². The van der Waals surface area contributed by atoms with Crippen LogP contribution < -0.4 is 5.32 Å². The monoisotopic (exact) mass is 664 g/mol. The lowest BCUT2D eigenvalue weighted by Crippen LogP contribution is -2.74. The molecule has 0 saturated carbocycles. The van der Waals surface area contributed by atoms with Crippen LogP contribution in [-0.2, 0) is 20.4 Å². The Labute approximate surface area is 287 Å². The number of carbonyl (C=O) groups excluding carboxylic acids is 3. The number of carboxylic acid groups (broad SMARTS) is 1. The van der Waals surface area contributed by atoms with Crippen LogP contribution in [0.4, 0.5) is 4.79 Å². The SMILES string of the molecule is O=C(O)C1N2CCN(CC2)N1C(=O)NC(=O)C1(c2ccccc2)CCN(CCC2(c3ccccc3)CCN(C(=O)c3ccccc3)C2)CC1. The minimum Gasteiger partial charge on any atom is -0.479 e. The minimum atomic E-state index is -1.13. The molecule has 11 nitrogen and oxygen atoms in total. The van der Waals surface area contributed by atoms with E-state index in [1.807, 2.05) is 71.6 Å². The van der Waals surface area contributed by atoms with E-state index < -0.39 is 29.5 Å². The number of aliphatic carboxylic acids is 1. The van der Waals surface area contributed by atoms with Crippen LogP contribution >= 0.6 is 0 Å². The van der Waals surface area contributed by atoms with Gasteiger partial charge in [0.25, 0.3) is 5.91 Å². The number of carbonyl (C=O) groups is 4. The summed E-state index contributed by atoms with van der Waals surface area (Å²) in [6.07, 6.45) is 1.66. The van der Waals surface area contributed by atoms with E-state index in [9.17, 15) is 24.3 Å². The van der Waals surface area contributed by atoms with E-state index in [1.54, 1.807) is 9.91 Å². The fourth-order valence-electron chi connectivity index (χ4n) is 8.37. The van der Waals surface area contributed by atoms with E-state index >= 15 is 0 Å². The van der Waals surface area contributed by atoms with Crippen molar-refractivity contribution in [3.63, 3.8) is 0 Å². The lowest BCUT2D eigenvalue weighted by molar-refractivity contribution is -0.190. The Morgan fingerprint density at radius 2 is 1.31 bits per heavy atom.